The SMILES string of the molecule is CCOc1ccc2nc(NC(=O)c3ccc4c(c3)NC(=O)C(C)S4)sc2c1. The van der Waals surface area contributed by atoms with Crippen LogP contribution < -0.4 is 15.4 Å². The summed E-state index contributed by atoms with van der Waals surface area (Å²) >= 11 is 2.88. The molecule has 0 fully saturated rings. The third-order valence-electron chi connectivity index (χ3n) is 4.06. The zero-order valence-corrected chi connectivity index (χ0v) is 16.4. The molecule has 0 aliphatic carbocycles. The molecule has 8 heteroatoms. The average Bonchev–Trinajstić information content (AvgIpc) is 3.04. The lowest BCUT2D eigenvalue weighted by Gasteiger charge is -2.21. The van der Waals surface area contributed by atoms with Crippen molar-refractivity contribution in [2.75, 3.05) is 17.2 Å². The Morgan fingerprint density at radius 2 is 2.15 bits per heavy atom. The quantitative estimate of drug-likeness (QED) is 0.680. The Hall–Kier alpha value is -2.58. The van der Waals surface area contributed by atoms with Gasteiger partial charge >= 0.3 is 0 Å². The number of hydrogen-bond acceptors (Lipinski definition) is 6. The van der Waals surface area contributed by atoms with Gasteiger partial charge in [-0.25, -0.2) is 4.98 Å². The lowest BCUT2D eigenvalue weighted by atomic mass is 10.2. The number of nitrogens with zero attached hydrogens (tertiary/aromatic N) is 1. The third kappa shape index (κ3) is 3.63. The number of thioether (sulfide) groups is 1. The van der Waals surface area contributed by atoms with Gasteiger partial charge in [-0.05, 0) is 50.2 Å². The molecule has 0 bridgehead atoms. The highest BCUT2D eigenvalue weighted by Crippen LogP contribution is 2.36. The van der Waals surface area contributed by atoms with Crippen LogP contribution in [0.1, 0.15) is 24.2 Å². The van der Waals surface area contributed by atoms with Gasteiger partial charge in [0.05, 0.1) is 27.8 Å². The molecule has 2 N–H and O–H groups in total. The molecule has 2 aromatic carbocycles. The third-order valence-corrected chi connectivity index (χ3v) is 6.18. The Bertz CT molecular complexity index is 1050. The molecule has 1 aliphatic heterocycles. The second-order valence-electron chi connectivity index (χ2n) is 6.00. The normalized spacial score (nSPS) is 15.9. The van der Waals surface area contributed by atoms with E-state index in [-0.39, 0.29) is 17.1 Å². The Morgan fingerprint density at radius 1 is 1.30 bits per heavy atom. The molecule has 4 rings (SSSR count). The fourth-order valence-electron chi connectivity index (χ4n) is 2.73. The number of ether oxygens (including phenoxy) is 1. The van der Waals surface area contributed by atoms with Gasteiger partial charge in [-0.1, -0.05) is 11.3 Å². The fourth-order valence-corrected chi connectivity index (χ4v) is 4.55. The van der Waals surface area contributed by atoms with Gasteiger partial charge in [0.1, 0.15) is 5.75 Å². The number of rotatable bonds is 4. The minimum atomic E-state index is -0.264. The van der Waals surface area contributed by atoms with Crippen LogP contribution in [0.25, 0.3) is 10.2 Å². The molecule has 1 aromatic heterocycles. The molecule has 0 saturated carbocycles. The number of benzene rings is 2. The number of anilines is 2. The first-order chi connectivity index (χ1) is 13.0. The molecule has 0 saturated heterocycles. The lowest BCUT2D eigenvalue weighted by Crippen LogP contribution is -2.26. The van der Waals surface area contributed by atoms with E-state index in [2.05, 4.69) is 15.6 Å². The maximum absolute atomic E-state index is 12.6. The number of carbonyl (C=O) groups excluding carboxylic acids is 2. The predicted octanol–water partition coefficient (Wildman–Crippen LogP) is 4.38. The smallest absolute Gasteiger partial charge is 0.257 e. The molecule has 3 aromatic rings. The summed E-state index contributed by atoms with van der Waals surface area (Å²) in [6.45, 7) is 4.39. The van der Waals surface area contributed by atoms with E-state index in [1.807, 2.05) is 38.1 Å². The van der Waals surface area contributed by atoms with Gasteiger partial charge in [-0.3, -0.25) is 14.9 Å². The van der Waals surface area contributed by atoms with Crippen molar-refractivity contribution >= 4 is 55.9 Å². The van der Waals surface area contributed by atoms with Crippen molar-refractivity contribution < 1.29 is 14.3 Å². The molecule has 6 nitrogen and oxygen atoms in total. The summed E-state index contributed by atoms with van der Waals surface area (Å²) in [7, 11) is 0. The van der Waals surface area contributed by atoms with Gasteiger partial charge in [0.15, 0.2) is 5.13 Å². The van der Waals surface area contributed by atoms with E-state index >= 15 is 0 Å². The number of hydrogen-bond donors (Lipinski definition) is 2. The summed E-state index contributed by atoms with van der Waals surface area (Å²) in [5.41, 5.74) is 1.95. The second kappa shape index (κ2) is 7.21. The summed E-state index contributed by atoms with van der Waals surface area (Å²) in [4.78, 5) is 29.9. The molecule has 2 heterocycles. The monoisotopic (exact) mass is 399 g/mol. The minimum Gasteiger partial charge on any atom is -0.494 e. The van der Waals surface area contributed by atoms with E-state index in [0.29, 0.717) is 23.0 Å². The van der Waals surface area contributed by atoms with Gasteiger partial charge in [0.2, 0.25) is 5.91 Å². The van der Waals surface area contributed by atoms with Gasteiger partial charge in [0, 0.05) is 10.5 Å². The van der Waals surface area contributed by atoms with Gasteiger partial charge in [-0.2, -0.15) is 0 Å². The van der Waals surface area contributed by atoms with E-state index in [1.54, 1.807) is 12.1 Å². The Morgan fingerprint density at radius 3 is 2.96 bits per heavy atom. The first-order valence-corrected chi connectivity index (χ1v) is 10.2. The molecule has 1 atom stereocenters. The maximum Gasteiger partial charge on any atom is 0.257 e. The number of aromatic nitrogens is 1. The molecule has 0 radical (unpaired) electrons. The molecule has 2 amide bonds. The molecular weight excluding hydrogens is 382 g/mol. The van der Waals surface area contributed by atoms with E-state index in [1.165, 1.54) is 23.1 Å². The standard InChI is InChI=1S/C19H17N3O3S2/c1-3-25-12-5-6-13-16(9-12)27-19(21-13)22-18(24)11-4-7-15-14(8-11)20-17(23)10(2)26-15/h4-10H,3H2,1-2H3,(H,20,23)(H,21,22,24). The Kier molecular flexibility index (Phi) is 4.75. The summed E-state index contributed by atoms with van der Waals surface area (Å²) in [5.74, 6) is 0.463. The van der Waals surface area contributed by atoms with E-state index in [4.69, 9.17) is 4.74 Å². The Balaban J connectivity index is 1.55. The summed E-state index contributed by atoms with van der Waals surface area (Å²) in [6, 6.07) is 11.0. The van der Waals surface area contributed by atoms with Crippen molar-refractivity contribution in [3.05, 3.63) is 42.0 Å². The average molecular weight is 399 g/mol. The fraction of sp³-hybridized carbons (Fsp3) is 0.211. The topological polar surface area (TPSA) is 80.3 Å². The summed E-state index contributed by atoms with van der Waals surface area (Å²) < 4.78 is 6.44. The number of nitrogens with one attached hydrogen (secondary N) is 2. The van der Waals surface area contributed by atoms with Crippen LogP contribution in [0.15, 0.2) is 41.3 Å². The predicted molar refractivity (Wildman–Crippen MR) is 109 cm³/mol. The second-order valence-corrected chi connectivity index (χ2v) is 8.41. The number of carbonyl (C=O) groups is 2. The van der Waals surface area contributed by atoms with Gasteiger partial charge < -0.3 is 10.1 Å². The summed E-state index contributed by atoms with van der Waals surface area (Å²) in [5, 5.41) is 6.06. The first-order valence-electron chi connectivity index (χ1n) is 8.50. The van der Waals surface area contributed by atoms with E-state index in [9.17, 15) is 9.59 Å². The van der Waals surface area contributed by atoms with E-state index < -0.39 is 0 Å². The number of amides is 2. The van der Waals surface area contributed by atoms with Crippen LogP contribution in [0.4, 0.5) is 10.8 Å². The lowest BCUT2D eigenvalue weighted by molar-refractivity contribution is -0.115. The Labute approximate surface area is 164 Å². The molecule has 1 unspecified atom stereocenters. The van der Waals surface area contributed by atoms with Gasteiger partial charge in [0.25, 0.3) is 5.91 Å². The van der Waals surface area contributed by atoms with Crippen LogP contribution in [0.2, 0.25) is 0 Å². The van der Waals surface area contributed by atoms with Crippen LogP contribution in [0, 0.1) is 0 Å². The molecule has 1 aliphatic rings. The summed E-state index contributed by atoms with van der Waals surface area (Å²) in [6.07, 6.45) is 0. The number of thiazole rings is 1. The number of fused-ring (bicyclic) bond motifs is 2. The molecular formula is C19H17N3O3S2. The first kappa shape index (κ1) is 17.8. The van der Waals surface area contributed by atoms with Crippen molar-refractivity contribution in [1.29, 1.82) is 0 Å². The van der Waals surface area contributed by atoms with Crippen LogP contribution in [-0.2, 0) is 4.79 Å². The van der Waals surface area contributed by atoms with Crippen molar-refractivity contribution in [3.8, 4) is 5.75 Å². The van der Waals surface area contributed by atoms with Crippen molar-refractivity contribution in [2.24, 2.45) is 0 Å². The zero-order chi connectivity index (χ0) is 19.0. The van der Waals surface area contributed by atoms with Crippen molar-refractivity contribution in [2.45, 2.75) is 24.0 Å². The maximum atomic E-state index is 12.6. The minimum absolute atomic E-state index is 0.0543. The highest BCUT2D eigenvalue weighted by atomic mass is 32.2. The van der Waals surface area contributed by atoms with Gasteiger partial charge in [-0.15, -0.1) is 11.8 Å². The molecule has 27 heavy (non-hydrogen) atoms. The van der Waals surface area contributed by atoms with E-state index in [0.717, 1.165) is 20.9 Å². The zero-order valence-electron chi connectivity index (χ0n) is 14.7. The van der Waals surface area contributed by atoms with Crippen LogP contribution in [0.5, 0.6) is 5.75 Å². The van der Waals surface area contributed by atoms with Crippen LogP contribution >= 0.6 is 23.1 Å². The van der Waals surface area contributed by atoms with Crippen LogP contribution in [-0.4, -0.2) is 28.7 Å². The van der Waals surface area contributed by atoms with Crippen molar-refractivity contribution in [1.82, 2.24) is 4.98 Å². The largest absolute Gasteiger partial charge is 0.494 e. The highest BCUT2D eigenvalue weighted by Gasteiger charge is 2.24. The highest BCUT2D eigenvalue weighted by molar-refractivity contribution is 8.00. The molecule has 138 valence electrons. The van der Waals surface area contributed by atoms with Crippen LogP contribution in [0.3, 0.4) is 0 Å². The molecule has 0 spiro atoms. The van der Waals surface area contributed by atoms with Crippen molar-refractivity contribution in [3.63, 3.8) is 0 Å².